The number of nitrogens with two attached hydrogens (primary N) is 1. The maximum Gasteiger partial charge on any atom is 0.0746 e. The van der Waals surface area contributed by atoms with E-state index in [-0.39, 0.29) is 0 Å². The molecule has 1 aliphatic rings. The van der Waals surface area contributed by atoms with Crippen molar-refractivity contribution in [3.8, 4) is 0 Å². The van der Waals surface area contributed by atoms with Crippen LogP contribution in [0, 0.1) is 0 Å². The molecule has 1 aromatic carbocycles. The Bertz CT molecular complexity index is 373. The van der Waals surface area contributed by atoms with E-state index in [1.54, 1.807) is 0 Å². The van der Waals surface area contributed by atoms with Gasteiger partial charge < -0.3 is 5.73 Å². The molecule has 18 heavy (non-hydrogen) atoms. The zero-order valence-electron chi connectivity index (χ0n) is 10.5. The summed E-state index contributed by atoms with van der Waals surface area (Å²) in [7, 11) is 0. The fraction of sp³-hybridized carbons (Fsp3) is 0.500. The first kappa shape index (κ1) is 13.8. The van der Waals surface area contributed by atoms with Gasteiger partial charge in [0, 0.05) is 24.8 Å². The fourth-order valence-corrected chi connectivity index (χ4v) is 3.46. The molecule has 1 fully saturated rings. The third-order valence-electron chi connectivity index (χ3n) is 3.28. The quantitative estimate of drug-likeness (QED) is 0.859. The smallest absolute Gasteiger partial charge is 0.0746 e. The first-order chi connectivity index (χ1) is 8.77. The lowest BCUT2D eigenvalue weighted by Gasteiger charge is -2.30. The van der Waals surface area contributed by atoms with Crippen molar-refractivity contribution >= 4 is 29.0 Å². The Kier molecular flexibility index (Phi) is 5.47. The summed E-state index contributed by atoms with van der Waals surface area (Å²) >= 11 is 7.17. The maximum absolute atomic E-state index is 5.78. The van der Waals surface area contributed by atoms with Gasteiger partial charge in [0.2, 0.25) is 0 Å². The van der Waals surface area contributed by atoms with Crippen molar-refractivity contribution in [1.29, 1.82) is 0 Å². The van der Waals surface area contributed by atoms with E-state index < -0.39 is 0 Å². The number of hydrogen-bond acceptors (Lipinski definition) is 3. The Morgan fingerprint density at radius 2 is 2.06 bits per heavy atom. The molecule has 2 rings (SSSR count). The number of rotatable bonds is 4. The van der Waals surface area contributed by atoms with Crippen molar-refractivity contribution in [2.24, 2.45) is 5.73 Å². The summed E-state index contributed by atoms with van der Waals surface area (Å²) in [5.41, 5.74) is 7.11. The SMILES string of the molecule is NC(=S)CC(c1ccccc1)N1CCCSCC1. The fourth-order valence-electron chi connectivity index (χ4n) is 2.40. The van der Waals surface area contributed by atoms with Crippen LogP contribution in [-0.2, 0) is 0 Å². The number of hydrogen-bond donors (Lipinski definition) is 1. The van der Waals surface area contributed by atoms with Crippen LogP contribution in [0.3, 0.4) is 0 Å². The van der Waals surface area contributed by atoms with E-state index in [4.69, 9.17) is 18.0 Å². The standard InChI is InChI=1S/C14H20N2S2/c15-14(17)11-13(12-5-2-1-3-6-12)16-7-4-9-18-10-8-16/h1-3,5-6,13H,4,7-11H2,(H2,15,17). The summed E-state index contributed by atoms with van der Waals surface area (Å²) in [5, 5.41) is 0. The highest BCUT2D eigenvalue weighted by atomic mass is 32.2. The Morgan fingerprint density at radius 3 is 2.78 bits per heavy atom. The summed E-state index contributed by atoms with van der Waals surface area (Å²) in [5.74, 6) is 2.48. The molecule has 1 atom stereocenters. The predicted octanol–water partition coefficient (Wildman–Crippen LogP) is 2.84. The van der Waals surface area contributed by atoms with Crippen molar-refractivity contribution in [3.63, 3.8) is 0 Å². The van der Waals surface area contributed by atoms with Gasteiger partial charge in [0.25, 0.3) is 0 Å². The van der Waals surface area contributed by atoms with Crippen LogP contribution in [0.15, 0.2) is 30.3 Å². The van der Waals surface area contributed by atoms with E-state index in [1.807, 2.05) is 11.8 Å². The van der Waals surface area contributed by atoms with E-state index >= 15 is 0 Å². The Morgan fingerprint density at radius 1 is 1.28 bits per heavy atom. The molecule has 1 saturated heterocycles. The van der Waals surface area contributed by atoms with Crippen LogP contribution in [0.4, 0.5) is 0 Å². The molecule has 0 aromatic heterocycles. The van der Waals surface area contributed by atoms with Gasteiger partial charge in [0.1, 0.15) is 0 Å². The number of thioether (sulfide) groups is 1. The van der Waals surface area contributed by atoms with E-state index in [1.165, 1.54) is 23.5 Å². The molecule has 0 bridgehead atoms. The van der Waals surface area contributed by atoms with Gasteiger partial charge in [0.05, 0.1) is 4.99 Å². The van der Waals surface area contributed by atoms with Gasteiger partial charge in [-0.3, -0.25) is 4.90 Å². The number of nitrogens with zero attached hydrogens (tertiary/aromatic N) is 1. The largest absolute Gasteiger partial charge is 0.393 e. The minimum Gasteiger partial charge on any atom is -0.393 e. The molecule has 1 unspecified atom stereocenters. The average molecular weight is 280 g/mol. The van der Waals surface area contributed by atoms with Gasteiger partial charge in [0.15, 0.2) is 0 Å². The summed E-state index contributed by atoms with van der Waals surface area (Å²) < 4.78 is 0. The number of thiocarbonyl (C=S) groups is 1. The van der Waals surface area contributed by atoms with Crippen molar-refractivity contribution in [3.05, 3.63) is 35.9 Å². The molecule has 0 amide bonds. The summed E-state index contributed by atoms with van der Waals surface area (Å²) in [6.45, 7) is 2.28. The molecule has 0 aliphatic carbocycles. The van der Waals surface area contributed by atoms with Gasteiger partial charge in [-0.1, -0.05) is 42.5 Å². The van der Waals surface area contributed by atoms with Crippen LogP contribution in [0.2, 0.25) is 0 Å². The first-order valence-electron chi connectivity index (χ1n) is 6.42. The number of benzene rings is 1. The molecule has 1 aliphatic heterocycles. The minimum atomic E-state index is 0.349. The zero-order chi connectivity index (χ0) is 12.8. The molecular weight excluding hydrogens is 260 g/mol. The average Bonchev–Trinajstić information content (AvgIpc) is 2.65. The molecule has 1 heterocycles. The van der Waals surface area contributed by atoms with E-state index in [9.17, 15) is 0 Å². The molecule has 4 heteroatoms. The normalized spacial score (nSPS) is 19.1. The molecule has 0 spiro atoms. The van der Waals surface area contributed by atoms with Crippen LogP contribution in [0.5, 0.6) is 0 Å². The van der Waals surface area contributed by atoms with Crippen LogP contribution >= 0.6 is 24.0 Å². The molecule has 0 radical (unpaired) electrons. The van der Waals surface area contributed by atoms with Crippen LogP contribution in [0.1, 0.15) is 24.4 Å². The third kappa shape index (κ3) is 3.97. The van der Waals surface area contributed by atoms with Crippen molar-refractivity contribution in [2.75, 3.05) is 24.6 Å². The van der Waals surface area contributed by atoms with Gasteiger partial charge in [-0.2, -0.15) is 11.8 Å². The second-order valence-corrected chi connectivity index (χ2v) is 6.35. The van der Waals surface area contributed by atoms with Gasteiger partial charge in [-0.25, -0.2) is 0 Å². The van der Waals surface area contributed by atoms with Crippen molar-refractivity contribution in [1.82, 2.24) is 4.90 Å². The lowest BCUT2D eigenvalue weighted by atomic mass is 10.0. The van der Waals surface area contributed by atoms with Crippen LogP contribution < -0.4 is 5.73 Å². The Balaban J connectivity index is 2.15. The van der Waals surface area contributed by atoms with Gasteiger partial charge >= 0.3 is 0 Å². The molecule has 98 valence electrons. The third-order valence-corrected chi connectivity index (χ3v) is 4.49. The van der Waals surface area contributed by atoms with E-state index in [0.717, 1.165) is 19.5 Å². The topological polar surface area (TPSA) is 29.3 Å². The molecule has 0 saturated carbocycles. The second-order valence-electron chi connectivity index (χ2n) is 4.60. The van der Waals surface area contributed by atoms with Crippen molar-refractivity contribution in [2.45, 2.75) is 18.9 Å². The van der Waals surface area contributed by atoms with Crippen LogP contribution in [-0.4, -0.2) is 34.5 Å². The van der Waals surface area contributed by atoms with Gasteiger partial charge in [-0.05, 0) is 24.3 Å². The van der Waals surface area contributed by atoms with E-state index in [0.29, 0.717) is 11.0 Å². The van der Waals surface area contributed by atoms with Crippen LogP contribution in [0.25, 0.3) is 0 Å². The summed E-state index contributed by atoms with van der Waals surface area (Å²) in [4.78, 5) is 3.15. The highest BCUT2D eigenvalue weighted by Crippen LogP contribution is 2.26. The van der Waals surface area contributed by atoms with Gasteiger partial charge in [-0.15, -0.1) is 0 Å². The minimum absolute atomic E-state index is 0.349. The highest BCUT2D eigenvalue weighted by Gasteiger charge is 2.21. The maximum atomic E-state index is 5.78. The van der Waals surface area contributed by atoms with Crippen molar-refractivity contribution < 1.29 is 0 Å². The molecule has 1 aromatic rings. The summed E-state index contributed by atoms with van der Waals surface area (Å²) in [6, 6.07) is 11.0. The highest BCUT2D eigenvalue weighted by molar-refractivity contribution is 7.99. The lowest BCUT2D eigenvalue weighted by molar-refractivity contribution is 0.218. The zero-order valence-corrected chi connectivity index (χ0v) is 12.2. The summed E-state index contributed by atoms with van der Waals surface area (Å²) in [6.07, 6.45) is 2.04. The predicted molar refractivity (Wildman–Crippen MR) is 84.1 cm³/mol. The Hall–Kier alpha value is -0.580. The Labute approximate surface area is 119 Å². The first-order valence-corrected chi connectivity index (χ1v) is 7.98. The monoisotopic (exact) mass is 280 g/mol. The second kappa shape index (κ2) is 7.12. The van der Waals surface area contributed by atoms with E-state index in [2.05, 4.69) is 35.2 Å². The molecule has 2 N–H and O–H groups in total. The lowest BCUT2D eigenvalue weighted by Crippen LogP contribution is -2.33. The molecule has 2 nitrogen and oxygen atoms in total. The molecular formula is C14H20N2S2.